The first-order valence-corrected chi connectivity index (χ1v) is 6.14. The van der Waals surface area contributed by atoms with Gasteiger partial charge in [0.1, 0.15) is 12.1 Å². The first-order valence-electron chi connectivity index (χ1n) is 6.14. The van der Waals surface area contributed by atoms with E-state index in [0.29, 0.717) is 11.5 Å². The van der Waals surface area contributed by atoms with Gasteiger partial charge in [-0.15, -0.1) is 0 Å². The molecule has 0 spiro atoms. The zero-order chi connectivity index (χ0) is 13.4. The lowest BCUT2D eigenvalue weighted by atomic mass is 10.0. The Bertz CT molecular complexity index is 745. The number of hydrogen-bond donors (Lipinski definition) is 2. The van der Waals surface area contributed by atoms with Gasteiger partial charge in [0.15, 0.2) is 5.65 Å². The van der Waals surface area contributed by atoms with Crippen LogP contribution in [0.3, 0.4) is 0 Å². The molecule has 3 N–H and O–H groups in total. The molecule has 0 saturated carbocycles. The summed E-state index contributed by atoms with van der Waals surface area (Å²) in [7, 11) is 0. The van der Waals surface area contributed by atoms with Gasteiger partial charge in [0.25, 0.3) is 0 Å². The zero-order valence-corrected chi connectivity index (χ0v) is 10.9. The molecule has 0 unspecified atom stereocenters. The summed E-state index contributed by atoms with van der Waals surface area (Å²) in [5.74, 6) is 0.471. The van der Waals surface area contributed by atoms with Crippen molar-refractivity contribution in [3.63, 3.8) is 0 Å². The van der Waals surface area contributed by atoms with Gasteiger partial charge in [0, 0.05) is 6.42 Å². The van der Waals surface area contributed by atoms with Gasteiger partial charge in [-0.3, -0.25) is 5.10 Å². The van der Waals surface area contributed by atoms with E-state index in [0.717, 1.165) is 17.5 Å². The summed E-state index contributed by atoms with van der Waals surface area (Å²) in [6.45, 7) is 4.19. The van der Waals surface area contributed by atoms with E-state index in [1.54, 1.807) is 0 Å². The maximum Gasteiger partial charge on any atom is 0.186 e. The summed E-state index contributed by atoms with van der Waals surface area (Å²) in [4.78, 5) is 8.14. The van der Waals surface area contributed by atoms with Crippen LogP contribution in [0.4, 0.5) is 5.82 Å². The fourth-order valence-corrected chi connectivity index (χ4v) is 2.25. The van der Waals surface area contributed by atoms with E-state index in [4.69, 9.17) is 5.73 Å². The van der Waals surface area contributed by atoms with Gasteiger partial charge in [0.2, 0.25) is 0 Å². The molecule has 5 heteroatoms. The van der Waals surface area contributed by atoms with Crippen molar-refractivity contribution in [2.75, 3.05) is 5.73 Å². The van der Waals surface area contributed by atoms with Crippen molar-refractivity contribution in [3.8, 4) is 0 Å². The van der Waals surface area contributed by atoms with Crippen LogP contribution in [0.5, 0.6) is 0 Å². The highest BCUT2D eigenvalue weighted by molar-refractivity contribution is 5.87. The Hall–Kier alpha value is -2.43. The minimum absolute atomic E-state index is 0.471. The average Bonchev–Trinajstić information content (AvgIpc) is 2.79. The van der Waals surface area contributed by atoms with Crippen LogP contribution in [0.25, 0.3) is 11.0 Å². The molecule has 0 aliphatic heterocycles. The number of nitrogens with zero attached hydrogens (tertiary/aromatic N) is 3. The molecule has 19 heavy (non-hydrogen) atoms. The molecule has 1 aromatic carbocycles. The van der Waals surface area contributed by atoms with E-state index in [-0.39, 0.29) is 0 Å². The predicted octanol–water partition coefficient (Wildman–Crippen LogP) is 2.14. The molecule has 0 fully saturated rings. The van der Waals surface area contributed by atoms with Crippen LogP contribution in [-0.4, -0.2) is 20.2 Å². The molecular formula is C14H15N5. The van der Waals surface area contributed by atoms with Gasteiger partial charge in [-0.25, -0.2) is 9.97 Å². The molecule has 3 aromatic rings. The van der Waals surface area contributed by atoms with E-state index in [9.17, 15) is 0 Å². The van der Waals surface area contributed by atoms with Crippen molar-refractivity contribution in [3.05, 3.63) is 46.9 Å². The minimum atomic E-state index is 0.471. The number of hydrogen-bond acceptors (Lipinski definition) is 4. The molecule has 96 valence electrons. The third kappa shape index (κ3) is 2.03. The number of benzene rings is 1. The van der Waals surface area contributed by atoms with Crippen LogP contribution >= 0.6 is 0 Å². The smallest absolute Gasteiger partial charge is 0.186 e. The molecule has 2 heterocycles. The number of nitrogens with one attached hydrogen (secondary N) is 1. The quantitative estimate of drug-likeness (QED) is 0.733. The number of aromatic nitrogens is 4. The van der Waals surface area contributed by atoms with Gasteiger partial charge >= 0.3 is 0 Å². The highest BCUT2D eigenvalue weighted by Crippen LogP contribution is 2.22. The first-order chi connectivity index (χ1) is 9.15. The molecule has 0 saturated heterocycles. The molecule has 0 aliphatic rings. The Balaban J connectivity index is 2.08. The second kappa shape index (κ2) is 4.35. The van der Waals surface area contributed by atoms with Crippen LogP contribution < -0.4 is 5.73 Å². The van der Waals surface area contributed by atoms with Gasteiger partial charge in [-0.05, 0) is 25.0 Å². The van der Waals surface area contributed by atoms with E-state index in [2.05, 4.69) is 52.2 Å². The minimum Gasteiger partial charge on any atom is -0.383 e. The summed E-state index contributed by atoms with van der Waals surface area (Å²) >= 11 is 0. The Labute approximate surface area is 110 Å². The lowest BCUT2D eigenvalue weighted by molar-refractivity contribution is 0.997. The molecule has 0 aliphatic carbocycles. The van der Waals surface area contributed by atoms with Crippen molar-refractivity contribution in [1.29, 1.82) is 0 Å². The number of aromatic amines is 1. The van der Waals surface area contributed by atoms with Gasteiger partial charge < -0.3 is 5.73 Å². The van der Waals surface area contributed by atoms with Crippen molar-refractivity contribution in [1.82, 2.24) is 20.2 Å². The summed E-state index contributed by atoms with van der Waals surface area (Å²) in [5.41, 5.74) is 11.2. The van der Waals surface area contributed by atoms with Crippen LogP contribution in [0.1, 0.15) is 22.4 Å². The lowest BCUT2D eigenvalue weighted by Crippen LogP contribution is -1.97. The first kappa shape index (κ1) is 11.6. The fourth-order valence-electron chi connectivity index (χ4n) is 2.25. The van der Waals surface area contributed by atoms with E-state index >= 15 is 0 Å². The Morgan fingerprint density at radius 3 is 2.89 bits per heavy atom. The number of rotatable bonds is 2. The molecular weight excluding hydrogens is 238 g/mol. The number of aryl methyl sites for hydroxylation is 2. The maximum absolute atomic E-state index is 5.91. The van der Waals surface area contributed by atoms with Gasteiger partial charge in [-0.2, -0.15) is 5.10 Å². The van der Waals surface area contributed by atoms with E-state index in [1.165, 1.54) is 23.0 Å². The van der Waals surface area contributed by atoms with Gasteiger partial charge in [-0.1, -0.05) is 23.8 Å². The third-order valence-electron chi connectivity index (χ3n) is 3.33. The maximum atomic E-state index is 5.91. The summed E-state index contributed by atoms with van der Waals surface area (Å²) < 4.78 is 0. The number of fused-ring (bicyclic) bond motifs is 1. The SMILES string of the molecule is Cc1ccc(C)c(Cc2[nH]nc3ncnc(N)c23)c1. The third-order valence-corrected chi connectivity index (χ3v) is 3.33. The van der Waals surface area contributed by atoms with Crippen molar-refractivity contribution in [2.45, 2.75) is 20.3 Å². The van der Waals surface area contributed by atoms with Crippen molar-refractivity contribution in [2.24, 2.45) is 0 Å². The normalized spacial score (nSPS) is 11.1. The van der Waals surface area contributed by atoms with Crippen LogP contribution in [-0.2, 0) is 6.42 Å². The van der Waals surface area contributed by atoms with Crippen molar-refractivity contribution >= 4 is 16.9 Å². The topological polar surface area (TPSA) is 80.5 Å². The van der Waals surface area contributed by atoms with Crippen LogP contribution in [0, 0.1) is 13.8 Å². The second-order valence-corrected chi connectivity index (χ2v) is 4.77. The summed E-state index contributed by atoms with van der Waals surface area (Å²) in [5, 5.41) is 8.01. The molecule has 5 nitrogen and oxygen atoms in total. The molecule has 0 amide bonds. The second-order valence-electron chi connectivity index (χ2n) is 4.77. The standard InChI is InChI=1S/C14H15N5/c1-8-3-4-9(2)10(5-8)6-11-12-13(15)16-7-17-14(12)19-18-11/h3-5,7H,6H2,1-2H3,(H3,15,16,17,18,19). The highest BCUT2D eigenvalue weighted by Gasteiger charge is 2.12. The Morgan fingerprint density at radius 2 is 2.05 bits per heavy atom. The number of H-pyrrole nitrogens is 1. The van der Waals surface area contributed by atoms with Crippen molar-refractivity contribution < 1.29 is 0 Å². The molecule has 0 atom stereocenters. The predicted molar refractivity (Wildman–Crippen MR) is 74.8 cm³/mol. The number of nitrogens with two attached hydrogens (primary N) is 1. The fraction of sp³-hybridized carbons (Fsp3) is 0.214. The monoisotopic (exact) mass is 253 g/mol. The van der Waals surface area contributed by atoms with E-state index < -0.39 is 0 Å². The largest absolute Gasteiger partial charge is 0.383 e. The highest BCUT2D eigenvalue weighted by atomic mass is 15.2. The molecule has 2 aromatic heterocycles. The Morgan fingerprint density at radius 1 is 1.21 bits per heavy atom. The Kier molecular flexibility index (Phi) is 2.67. The molecule has 3 rings (SSSR count). The average molecular weight is 253 g/mol. The molecule has 0 radical (unpaired) electrons. The van der Waals surface area contributed by atoms with E-state index in [1.807, 2.05) is 0 Å². The number of anilines is 1. The number of nitrogen functional groups attached to an aromatic ring is 1. The lowest BCUT2D eigenvalue weighted by Gasteiger charge is -2.06. The van der Waals surface area contributed by atoms with Gasteiger partial charge in [0.05, 0.1) is 11.1 Å². The summed E-state index contributed by atoms with van der Waals surface area (Å²) in [6, 6.07) is 6.42. The molecule has 0 bridgehead atoms. The summed E-state index contributed by atoms with van der Waals surface area (Å²) in [6.07, 6.45) is 2.18. The van der Waals surface area contributed by atoms with Crippen LogP contribution in [0.15, 0.2) is 24.5 Å². The van der Waals surface area contributed by atoms with Crippen LogP contribution in [0.2, 0.25) is 0 Å². The zero-order valence-electron chi connectivity index (χ0n) is 10.9.